The largest absolute Gasteiger partial charge is 0.375 e. The van der Waals surface area contributed by atoms with Crippen LogP contribution >= 0.6 is 0 Å². The smallest absolute Gasteiger partial charge is 0.0713 e. The summed E-state index contributed by atoms with van der Waals surface area (Å²) in [5.41, 5.74) is 0.338. The average Bonchev–Trinajstić information content (AvgIpc) is 2.64. The number of fused-ring (bicyclic) bond motifs is 6. The molecule has 3 fully saturated rings. The topological polar surface area (TPSA) is 9.23 Å². The van der Waals surface area contributed by atoms with Crippen LogP contribution in [0.5, 0.6) is 0 Å². The molecule has 4 atom stereocenters. The SMILES string of the molecule is CCOC12CCCC(C1)C1CCC2C1. The molecule has 0 N–H and O–H groups in total. The molecule has 1 heteroatoms. The van der Waals surface area contributed by atoms with Crippen LogP contribution in [0.4, 0.5) is 0 Å². The first kappa shape index (κ1) is 9.21. The molecule has 3 aliphatic carbocycles. The van der Waals surface area contributed by atoms with Gasteiger partial charge < -0.3 is 4.74 Å². The summed E-state index contributed by atoms with van der Waals surface area (Å²) in [4.78, 5) is 0. The molecule has 14 heavy (non-hydrogen) atoms. The predicted molar refractivity (Wildman–Crippen MR) is 57.1 cm³/mol. The van der Waals surface area contributed by atoms with Crippen LogP contribution in [0.25, 0.3) is 0 Å². The highest BCUT2D eigenvalue weighted by molar-refractivity contribution is 5.04. The van der Waals surface area contributed by atoms with E-state index in [1.165, 1.54) is 44.9 Å². The van der Waals surface area contributed by atoms with E-state index in [0.717, 1.165) is 24.4 Å². The molecule has 0 spiro atoms. The molecule has 1 nitrogen and oxygen atoms in total. The van der Waals surface area contributed by atoms with Crippen LogP contribution in [-0.4, -0.2) is 12.2 Å². The van der Waals surface area contributed by atoms with Gasteiger partial charge in [-0.1, -0.05) is 6.42 Å². The maximum Gasteiger partial charge on any atom is 0.0713 e. The molecular formula is C13H22O. The van der Waals surface area contributed by atoms with Gasteiger partial charge in [0.15, 0.2) is 0 Å². The standard InChI is InChI=1S/C13H22O/c1-2-14-13-7-3-4-11(9-13)10-5-6-12(13)8-10/h10-12H,2-9H2,1H3. The van der Waals surface area contributed by atoms with E-state index in [-0.39, 0.29) is 0 Å². The van der Waals surface area contributed by atoms with Gasteiger partial charge in [-0.25, -0.2) is 0 Å². The third-order valence-electron chi connectivity index (χ3n) is 5.10. The zero-order valence-electron chi connectivity index (χ0n) is 9.30. The van der Waals surface area contributed by atoms with E-state index in [1.54, 1.807) is 0 Å². The normalized spacial score (nSPS) is 50.8. The van der Waals surface area contributed by atoms with Crippen molar-refractivity contribution in [3.8, 4) is 0 Å². The molecule has 0 aromatic heterocycles. The van der Waals surface area contributed by atoms with Crippen molar-refractivity contribution < 1.29 is 4.74 Å². The van der Waals surface area contributed by atoms with Gasteiger partial charge >= 0.3 is 0 Å². The fourth-order valence-electron chi connectivity index (χ4n) is 4.54. The molecule has 3 rings (SSSR count). The van der Waals surface area contributed by atoms with Gasteiger partial charge in [0.2, 0.25) is 0 Å². The fourth-order valence-corrected chi connectivity index (χ4v) is 4.54. The van der Waals surface area contributed by atoms with Gasteiger partial charge in [-0.3, -0.25) is 0 Å². The Morgan fingerprint density at radius 3 is 3.00 bits per heavy atom. The molecule has 3 aliphatic rings. The minimum Gasteiger partial charge on any atom is -0.375 e. The van der Waals surface area contributed by atoms with Crippen molar-refractivity contribution in [2.45, 2.75) is 57.5 Å². The third-order valence-corrected chi connectivity index (χ3v) is 5.10. The van der Waals surface area contributed by atoms with Crippen LogP contribution < -0.4 is 0 Å². The number of hydrogen-bond acceptors (Lipinski definition) is 1. The number of ether oxygens (including phenoxy) is 1. The van der Waals surface area contributed by atoms with E-state index in [0.29, 0.717) is 5.60 Å². The predicted octanol–water partition coefficient (Wildman–Crippen LogP) is 3.38. The van der Waals surface area contributed by atoms with Crippen molar-refractivity contribution in [2.75, 3.05) is 6.61 Å². The quantitative estimate of drug-likeness (QED) is 0.655. The fraction of sp³-hybridized carbons (Fsp3) is 1.00. The number of rotatable bonds is 2. The van der Waals surface area contributed by atoms with Crippen molar-refractivity contribution >= 4 is 0 Å². The van der Waals surface area contributed by atoms with Crippen LogP contribution in [0.3, 0.4) is 0 Å². The summed E-state index contributed by atoms with van der Waals surface area (Å²) in [5, 5.41) is 0. The first-order chi connectivity index (χ1) is 6.84. The highest BCUT2D eigenvalue weighted by Crippen LogP contribution is 2.57. The lowest BCUT2D eigenvalue weighted by atomic mass is 9.63. The van der Waals surface area contributed by atoms with Crippen LogP contribution in [0.15, 0.2) is 0 Å². The lowest BCUT2D eigenvalue weighted by Crippen LogP contribution is -2.48. The Labute approximate surface area is 87.2 Å². The van der Waals surface area contributed by atoms with Gasteiger partial charge in [0.1, 0.15) is 0 Å². The third kappa shape index (κ3) is 1.18. The molecule has 0 amide bonds. The molecule has 0 saturated heterocycles. The minimum absolute atomic E-state index is 0.338. The van der Waals surface area contributed by atoms with Gasteiger partial charge in [-0.05, 0) is 63.2 Å². The maximum absolute atomic E-state index is 6.17. The van der Waals surface area contributed by atoms with Gasteiger partial charge in [0.25, 0.3) is 0 Å². The van der Waals surface area contributed by atoms with Crippen molar-refractivity contribution in [1.29, 1.82) is 0 Å². The Hall–Kier alpha value is -0.0400. The van der Waals surface area contributed by atoms with E-state index in [2.05, 4.69) is 6.92 Å². The Kier molecular flexibility index (Phi) is 2.12. The average molecular weight is 194 g/mol. The molecule has 0 heterocycles. The molecule has 4 unspecified atom stereocenters. The second-order valence-electron chi connectivity index (χ2n) is 5.62. The van der Waals surface area contributed by atoms with E-state index < -0.39 is 0 Å². The highest BCUT2D eigenvalue weighted by atomic mass is 16.5. The number of hydrogen-bond donors (Lipinski definition) is 0. The summed E-state index contributed by atoms with van der Waals surface area (Å²) in [6.07, 6.45) is 10.1. The lowest BCUT2D eigenvalue weighted by Gasteiger charge is -2.49. The first-order valence-electron chi connectivity index (χ1n) is 6.48. The lowest BCUT2D eigenvalue weighted by molar-refractivity contribution is -0.135. The Balaban J connectivity index is 1.87. The summed E-state index contributed by atoms with van der Waals surface area (Å²) in [6, 6.07) is 0. The summed E-state index contributed by atoms with van der Waals surface area (Å²) in [5.74, 6) is 3.02. The molecule has 3 saturated carbocycles. The van der Waals surface area contributed by atoms with Crippen LogP contribution in [0.1, 0.15) is 51.9 Å². The first-order valence-corrected chi connectivity index (χ1v) is 6.48. The van der Waals surface area contributed by atoms with E-state index in [1.807, 2.05) is 0 Å². The zero-order valence-corrected chi connectivity index (χ0v) is 9.30. The molecule has 4 bridgehead atoms. The molecule has 0 aromatic carbocycles. The van der Waals surface area contributed by atoms with Crippen molar-refractivity contribution in [3.63, 3.8) is 0 Å². The Morgan fingerprint density at radius 2 is 2.14 bits per heavy atom. The van der Waals surface area contributed by atoms with E-state index in [9.17, 15) is 0 Å². The second kappa shape index (κ2) is 3.23. The molecule has 0 aliphatic heterocycles. The Morgan fingerprint density at radius 1 is 1.21 bits per heavy atom. The summed E-state index contributed by atoms with van der Waals surface area (Å²) >= 11 is 0. The van der Waals surface area contributed by atoms with E-state index >= 15 is 0 Å². The van der Waals surface area contributed by atoms with Gasteiger partial charge in [0, 0.05) is 6.61 Å². The van der Waals surface area contributed by atoms with E-state index in [4.69, 9.17) is 4.74 Å². The van der Waals surface area contributed by atoms with Gasteiger partial charge in [-0.15, -0.1) is 0 Å². The highest BCUT2D eigenvalue weighted by Gasteiger charge is 2.53. The summed E-state index contributed by atoms with van der Waals surface area (Å²) < 4.78 is 6.17. The second-order valence-corrected chi connectivity index (χ2v) is 5.62. The van der Waals surface area contributed by atoms with Crippen molar-refractivity contribution in [3.05, 3.63) is 0 Å². The van der Waals surface area contributed by atoms with Crippen LogP contribution in [0.2, 0.25) is 0 Å². The summed E-state index contributed by atoms with van der Waals surface area (Å²) in [6.45, 7) is 3.09. The molecular weight excluding hydrogens is 172 g/mol. The van der Waals surface area contributed by atoms with Gasteiger partial charge in [0.05, 0.1) is 5.60 Å². The zero-order chi connectivity index (χ0) is 9.60. The van der Waals surface area contributed by atoms with Gasteiger partial charge in [-0.2, -0.15) is 0 Å². The Bertz CT molecular complexity index is 221. The molecule has 80 valence electrons. The van der Waals surface area contributed by atoms with Crippen molar-refractivity contribution in [2.24, 2.45) is 17.8 Å². The van der Waals surface area contributed by atoms with Crippen molar-refractivity contribution in [1.82, 2.24) is 0 Å². The van der Waals surface area contributed by atoms with Crippen LogP contribution in [-0.2, 0) is 4.74 Å². The molecule has 0 radical (unpaired) electrons. The molecule has 0 aromatic rings. The minimum atomic E-state index is 0.338. The monoisotopic (exact) mass is 194 g/mol. The maximum atomic E-state index is 6.17. The van der Waals surface area contributed by atoms with Crippen LogP contribution in [0, 0.1) is 17.8 Å². The summed E-state index contributed by atoms with van der Waals surface area (Å²) in [7, 11) is 0.